The van der Waals surface area contributed by atoms with Gasteiger partial charge in [0.15, 0.2) is 0 Å². The van der Waals surface area contributed by atoms with E-state index in [4.69, 9.17) is 5.73 Å². The molecule has 2 unspecified atom stereocenters. The van der Waals surface area contributed by atoms with Gasteiger partial charge in [-0.2, -0.15) is 0 Å². The summed E-state index contributed by atoms with van der Waals surface area (Å²) in [5, 5.41) is 0. The molecule has 0 aliphatic carbocycles. The lowest BCUT2D eigenvalue weighted by molar-refractivity contribution is 0.102. The van der Waals surface area contributed by atoms with Crippen LogP contribution in [0.5, 0.6) is 0 Å². The van der Waals surface area contributed by atoms with E-state index in [1.807, 2.05) is 13.0 Å². The zero-order valence-electron chi connectivity index (χ0n) is 13.1. The highest BCUT2D eigenvalue weighted by molar-refractivity contribution is 5.56. The van der Waals surface area contributed by atoms with Crippen LogP contribution in [0, 0.1) is 11.7 Å². The zero-order valence-corrected chi connectivity index (χ0v) is 13.1. The predicted molar refractivity (Wildman–Crippen MR) is 85.0 cm³/mol. The Kier molecular flexibility index (Phi) is 4.18. The van der Waals surface area contributed by atoms with E-state index in [-0.39, 0.29) is 11.9 Å². The molecule has 3 nitrogen and oxygen atoms in total. The minimum atomic E-state index is -0.270. The molecule has 0 aromatic heterocycles. The van der Waals surface area contributed by atoms with Crippen molar-refractivity contribution in [2.75, 3.05) is 31.6 Å². The third-order valence-electron chi connectivity index (χ3n) is 5.17. The molecule has 0 amide bonds. The van der Waals surface area contributed by atoms with Gasteiger partial charge in [0.05, 0.1) is 0 Å². The van der Waals surface area contributed by atoms with Crippen molar-refractivity contribution in [2.24, 2.45) is 11.7 Å². The summed E-state index contributed by atoms with van der Waals surface area (Å²) in [6.07, 6.45) is 3.72. The predicted octanol–water partition coefficient (Wildman–Crippen LogP) is 2.77. The molecule has 2 aliphatic heterocycles. The molecule has 116 valence electrons. The van der Waals surface area contributed by atoms with Crippen LogP contribution >= 0.6 is 0 Å². The molecule has 0 spiro atoms. The molecule has 4 heteroatoms. The molecule has 0 radical (unpaired) electrons. The van der Waals surface area contributed by atoms with Crippen molar-refractivity contribution >= 4 is 5.69 Å². The van der Waals surface area contributed by atoms with E-state index in [0.717, 1.165) is 25.2 Å². The summed E-state index contributed by atoms with van der Waals surface area (Å²) in [5.41, 5.74) is 7.66. The number of nitrogens with two attached hydrogens (primary N) is 1. The van der Waals surface area contributed by atoms with Crippen LogP contribution in [-0.2, 0) is 0 Å². The summed E-state index contributed by atoms with van der Waals surface area (Å²) in [7, 11) is 2.24. The van der Waals surface area contributed by atoms with Gasteiger partial charge in [0.2, 0.25) is 0 Å². The van der Waals surface area contributed by atoms with Crippen LogP contribution in [0.4, 0.5) is 10.1 Å². The molecule has 2 aliphatic rings. The summed E-state index contributed by atoms with van der Waals surface area (Å²) >= 11 is 0. The normalized spacial score (nSPS) is 28.3. The molecule has 3 atom stereocenters. The summed E-state index contributed by atoms with van der Waals surface area (Å²) in [4.78, 5) is 4.85. The quantitative estimate of drug-likeness (QED) is 0.909. The van der Waals surface area contributed by atoms with E-state index in [1.54, 1.807) is 6.07 Å². The maximum absolute atomic E-state index is 14.1. The largest absolute Gasteiger partial charge is 0.371 e. The number of nitrogens with zero attached hydrogens (tertiary/aromatic N) is 2. The van der Waals surface area contributed by atoms with Crippen molar-refractivity contribution in [1.29, 1.82) is 0 Å². The Morgan fingerprint density at radius 2 is 2.10 bits per heavy atom. The molecule has 21 heavy (non-hydrogen) atoms. The topological polar surface area (TPSA) is 32.5 Å². The van der Waals surface area contributed by atoms with Gasteiger partial charge in [-0.15, -0.1) is 0 Å². The van der Waals surface area contributed by atoms with Gasteiger partial charge in [-0.1, -0.05) is 6.07 Å². The fourth-order valence-electron chi connectivity index (χ4n) is 4.12. The molecule has 2 fully saturated rings. The summed E-state index contributed by atoms with van der Waals surface area (Å²) < 4.78 is 14.1. The van der Waals surface area contributed by atoms with E-state index in [2.05, 4.69) is 16.8 Å². The Balaban J connectivity index is 1.84. The highest BCUT2D eigenvalue weighted by atomic mass is 19.1. The van der Waals surface area contributed by atoms with Gasteiger partial charge in [-0.05, 0) is 57.8 Å². The Labute approximate surface area is 126 Å². The molecule has 2 heterocycles. The second kappa shape index (κ2) is 5.93. The lowest BCUT2D eigenvalue weighted by atomic mass is 9.83. The third-order valence-corrected chi connectivity index (χ3v) is 5.17. The van der Waals surface area contributed by atoms with Gasteiger partial charge >= 0.3 is 0 Å². The van der Waals surface area contributed by atoms with Crippen LogP contribution in [0.25, 0.3) is 0 Å². The summed E-state index contributed by atoms with van der Waals surface area (Å²) in [6.45, 7) is 5.10. The van der Waals surface area contributed by atoms with Crippen LogP contribution < -0.4 is 10.6 Å². The lowest BCUT2D eigenvalue weighted by Crippen LogP contribution is -2.53. The van der Waals surface area contributed by atoms with Gasteiger partial charge in [0, 0.05) is 36.4 Å². The molecule has 1 aromatic carbocycles. The second-order valence-electron chi connectivity index (χ2n) is 6.65. The average Bonchev–Trinajstić information content (AvgIpc) is 2.46. The maximum Gasteiger partial charge on any atom is 0.130 e. The molecular weight excluding hydrogens is 265 g/mol. The first-order valence-corrected chi connectivity index (χ1v) is 8.07. The first-order valence-electron chi connectivity index (χ1n) is 8.07. The van der Waals surface area contributed by atoms with Gasteiger partial charge in [-0.25, -0.2) is 4.39 Å². The number of halogens is 1. The fourth-order valence-corrected chi connectivity index (χ4v) is 4.12. The Bertz CT molecular complexity index is 503. The average molecular weight is 291 g/mol. The molecule has 0 saturated carbocycles. The zero-order chi connectivity index (χ0) is 15.0. The van der Waals surface area contributed by atoms with Crippen molar-refractivity contribution in [1.82, 2.24) is 4.90 Å². The highest BCUT2D eigenvalue weighted by Crippen LogP contribution is 2.35. The number of hydrogen-bond donors (Lipinski definition) is 1. The molecule has 1 aromatic rings. The van der Waals surface area contributed by atoms with E-state index >= 15 is 0 Å². The minimum Gasteiger partial charge on any atom is -0.371 e. The highest BCUT2D eigenvalue weighted by Gasteiger charge is 2.35. The number of rotatable bonds is 2. The minimum absolute atomic E-state index is 0.176. The smallest absolute Gasteiger partial charge is 0.130 e. The summed E-state index contributed by atoms with van der Waals surface area (Å²) in [5.74, 6) is 0.520. The fraction of sp³-hybridized carbons (Fsp3) is 0.647. The molecular formula is C17H26FN3. The van der Waals surface area contributed by atoms with E-state index in [9.17, 15) is 4.39 Å². The van der Waals surface area contributed by atoms with Crippen molar-refractivity contribution in [3.05, 3.63) is 29.6 Å². The SMILES string of the molecule is C[C@@H](N)c1c(F)cccc1N1CCC2C(CCCN2C)C1. The van der Waals surface area contributed by atoms with E-state index < -0.39 is 0 Å². The van der Waals surface area contributed by atoms with Crippen molar-refractivity contribution in [3.8, 4) is 0 Å². The van der Waals surface area contributed by atoms with E-state index in [1.165, 1.54) is 25.5 Å². The molecule has 2 N–H and O–H groups in total. The molecule has 0 bridgehead atoms. The van der Waals surface area contributed by atoms with Gasteiger partial charge < -0.3 is 15.5 Å². The van der Waals surface area contributed by atoms with Crippen molar-refractivity contribution < 1.29 is 4.39 Å². The van der Waals surface area contributed by atoms with Crippen LogP contribution in [-0.4, -0.2) is 37.6 Å². The second-order valence-corrected chi connectivity index (χ2v) is 6.65. The Hall–Kier alpha value is -1.13. The number of benzene rings is 1. The number of anilines is 1. The first kappa shape index (κ1) is 14.8. The maximum atomic E-state index is 14.1. The van der Waals surface area contributed by atoms with Crippen LogP contribution in [0.1, 0.15) is 37.8 Å². The Morgan fingerprint density at radius 3 is 2.86 bits per heavy atom. The van der Waals surface area contributed by atoms with Gasteiger partial charge in [0.1, 0.15) is 5.82 Å². The number of piperidine rings is 2. The van der Waals surface area contributed by atoms with Crippen LogP contribution in [0.2, 0.25) is 0 Å². The Morgan fingerprint density at radius 1 is 1.29 bits per heavy atom. The first-order chi connectivity index (χ1) is 10.1. The molecule has 3 rings (SSSR count). The number of fused-ring (bicyclic) bond motifs is 1. The van der Waals surface area contributed by atoms with Crippen molar-refractivity contribution in [3.63, 3.8) is 0 Å². The molecule has 2 saturated heterocycles. The van der Waals surface area contributed by atoms with Crippen LogP contribution in [0.15, 0.2) is 18.2 Å². The number of hydrogen-bond acceptors (Lipinski definition) is 3. The van der Waals surface area contributed by atoms with E-state index in [0.29, 0.717) is 17.5 Å². The van der Waals surface area contributed by atoms with Gasteiger partial charge in [-0.3, -0.25) is 0 Å². The monoisotopic (exact) mass is 291 g/mol. The van der Waals surface area contributed by atoms with Gasteiger partial charge in [0.25, 0.3) is 0 Å². The van der Waals surface area contributed by atoms with Crippen LogP contribution in [0.3, 0.4) is 0 Å². The third kappa shape index (κ3) is 2.79. The standard InChI is InChI=1S/C17H26FN3/c1-12(19)17-14(18)6-3-7-16(17)21-10-8-15-13(11-21)5-4-9-20(15)2/h3,6-7,12-13,15H,4-5,8-11,19H2,1-2H3/t12-,13?,15?/m1/s1. The lowest BCUT2D eigenvalue weighted by Gasteiger charge is -2.47. The van der Waals surface area contributed by atoms with Crippen molar-refractivity contribution in [2.45, 2.75) is 38.3 Å². The number of likely N-dealkylation sites (tertiary alicyclic amines) is 1. The summed E-state index contributed by atoms with van der Waals surface area (Å²) in [6, 6.07) is 5.77.